The highest BCUT2D eigenvalue weighted by molar-refractivity contribution is 5.00. The minimum Gasteiger partial charge on any atom is -0.380 e. The first-order valence-corrected chi connectivity index (χ1v) is 5.60. The van der Waals surface area contributed by atoms with Gasteiger partial charge < -0.3 is 10.1 Å². The third-order valence-electron chi connectivity index (χ3n) is 2.25. The van der Waals surface area contributed by atoms with Gasteiger partial charge in [0, 0.05) is 45.1 Å². The third-order valence-corrected chi connectivity index (χ3v) is 2.25. The molecule has 0 saturated heterocycles. The lowest BCUT2D eigenvalue weighted by atomic mass is 10.3. The van der Waals surface area contributed by atoms with Crippen molar-refractivity contribution < 1.29 is 4.74 Å². The fraction of sp³-hybridized carbons (Fsp3) is 0.727. The van der Waals surface area contributed by atoms with Gasteiger partial charge in [-0.2, -0.15) is 5.10 Å². The SMILES string of the molecule is CCCOCCNCCc1ccnn1C. The lowest BCUT2D eigenvalue weighted by molar-refractivity contribution is 0.136. The minimum atomic E-state index is 0.805. The van der Waals surface area contributed by atoms with Crippen LogP contribution >= 0.6 is 0 Å². The number of nitrogens with one attached hydrogen (secondary N) is 1. The first-order valence-electron chi connectivity index (χ1n) is 5.60. The van der Waals surface area contributed by atoms with Gasteiger partial charge in [0.25, 0.3) is 0 Å². The summed E-state index contributed by atoms with van der Waals surface area (Å²) in [5.74, 6) is 0. The molecule has 1 aromatic heterocycles. The Morgan fingerprint density at radius 1 is 1.40 bits per heavy atom. The van der Waals surface area contributed by atoms with E-state index in [9.17, 15) is 0 Å². The van der Waals surface area contributed by atoms with Crippen molar-refractivity contribution in [1.82, 2.24) is 15.1 Å². The number of hydrogen-bond acceptors (Lipinski definition) is 3. The molecule has 0 aromatic carbocycles. The Balaban J connectivity index is 1.96. The average molecular weight is 211 g/mol. The minimum absolute atomic E-state index is 0.805. The fourth-order valence-electron chi connectivity index (χ4n) is 1.38. The third kappa shape index (κ3) is 4.95. The van der Waals surface area contributed by atoms with Gasteiger partial charge in [0.15, 0.2) is 0 Å². The summed E-state index contributed by atoms with van der Waals surface area (Å²) in [5.41, 5.74) is 1.26. The molecule has 0 spiro atoms. The molecule has 0 aliphatic heterocycles. The van der Waals surface area contributed by atoms with Crippen LogP contribution in [0.3, 0.4) is 0 Å². The highest BCUT2D eigenvalue weighted by Crippen LogP contribution is 1.95. The molecular formula is C11H21N3O. The maximum atomic E-state index is 5.36. The topological polar surface area (TPSA) is 39.1 Å². The highest BCUT2D eigenvalue weighted by atomic mass is 16.5. The van der Waals surface area contributed by atoms with E-state index in [4.69, 9.17) is 4.74 Å². The number of aryl methyl sites for hydroxylation is 1. The zero-order chi connectivity index (χ0) is 10.9. The van der Waals surface area contributed by atoms with E-state index in [1.54, 1.807) is 0 Å². The summed E-state index contributed by atoms with van der Waals surface area (Å²) < 4.78 is 7.28. The Bertz CT molecular complexity index is 260. The standard InChI is InChI=1S/C11H21N3O/c1-3-9-15-10-8-12-6-4-11-5-7-13-14(11)2/h5,7,12H,3-4,6,8-10H2,1-2H3. The van der Waals surface area contributed by atoms with Crippen LogP contribution in [0.25, 0.3) is 0 Å². The first-order chi connectivity index (χ1) is 7.34. The lowest BCUT2D eigenvalue weighted by Crippen LogP contribution is -2.23. The second kappa shape index (κ2) is 7.43. The molecule has 15 heavy (non-hydrogen) atoms. The molecule has 0 unspecified atom stereocenters. The number of aromatic nitrogens is 2. The molecule has 1 heterocycles. The van der Waals surface area contributed by atoms with Crippen molar-refractivity contribution in [3.8, 4) is 0 Å². The van der Waals surface area contributed by atoms with Gasteiger partial charge in [-0.1, -0.05) is 6.92 Å². The molecule has 1 rings (SSSR count). The summed E-state index contributed by atoms with van der Waals surface area (Å²) in [5, 5.41) is 7.46. The lowest BCUT2D eigenvalue weighted by Gasteiger charge is -2.05. The molecule has 4 heteroatoms. The van der Waals surface area contributed by atoms with Crippen LogP contribution in [0, 0.1) is 0 Å². The Morgan fingerprint density at radius 3 is 2.93 bits per heavy atom. The average Bonchev–Trinajstić information content (AvgIpc) is 2.63. The second-order valence-electron chi connectivity index (χ2n) is 3.56. The second-order valence-corrected chi connectivity index (χ2v) is 3.56. The van der Waals surface area contributed by atoms with E-state index >= 15 is 0 Å². The van der Waals surface area contributed by atoms with E-state index in [0.29, 0.717) is 0 Å². The number of hydrogen-bond donors (Lipinski definition) is 1. The van der Waals surface area contributed by atoms with Crippen molar-refractivity contribution in [2.24, 2.45) is 7.05 Å². The van der Waals surface area contributed by atoms with Crippen LogP contribution in [-0.4, -0.2) is 36.1 Å². The molecular weight excluding hydrogens is 190 g/mol. The van der Waals surface area contributed by atoms with Gasteiger partial charge in [0.1, 0.15) is 0 Å². The van der Waals surface area contributed by atoms with Crippen molar-refractivity contribution in [3.63, 3.8) is 0 Å². The first kappa shape index (κ1) is 12.2. The van der Waals surface area contributed by atoms with E-state index in [2.05, 4.69) is 23.4 Å². The van der Waals surface area contributed by atoms with Crippen LogP contribution in [0.15, 0.2) is 12.3 Å². The quantitative estimate of drug-likeness (QED) is 0.651. The van der Waals surface area contributed by atoms with Crippen molar-refractivity contribution in [2.45, 2.75) is 19.8 Å². The van der Waals surface area contributed by atoms with Gasteiger partial charge in [-0.05, 0) is 12.5 Å². The van der Waals surface area contributed by atoms with E-state index in [1.807, 2.05) is 17.9 Å². The Morgan fingerprint density at radius 2 is 2.27 bits per heavy atom. The van der Waals surface area contributed by atoms with E-state index in [1.165, 1.54) is 5.69 Å². The summed E-state index contributed by atoms with van der Waals surface area (Å²) in [6.45, 7) is 5.70. The van der Waals surface area contributed by atoms with E-state index in [0.717, 1.165) is 39.1 Å². The van der Waals surface area contributed by atoms with Gasteiger partial charge in [-0.15, -0.1) is 0 Å². The molecule has 0 fully saturated rings. The maximum absolute atomic E-state index is 5.36. The zero-order valence-electron chi connectivity index (χ0n) is 9.70. The van der Waals surface area contributed by atoms with E-state index < -0.39 is 0 Å². The monoisotopic (exact) mass is 211 g/mol. The molecule has 0 bridgehead atoms. The highest BCUT2D eigenvalue weighted by Gasteiger charge is 1.96. The Hall–Kier alpha value is -0.870. The molecule has 0 radical (unpaired) electrons. The van der Waals surface area contributed by atoms with Crippen LogP contribution in [0.5, 0.6) is 0 Å². The van der Waals surface area contributed by atoms with Gasteiger partial charge in [0.05, 0.1) is 6.61 Å². The number of ether oxygens (including phenoxy) is 1. The number of nitrogens with zero attached hydrogens (tertiary/aromatic N) is 2. The summed E-state index contributed by atoms with van der Waals surface area (Å²) >= 11 is 0. The molecule has 1 aromatic rings. The molecule has 4 nitrogen and oxygen atoms in total. The summed E-state index contributed by atoms with van der Waals surface area (Å²) in [4.78, 5) is 0. The molecule has 0 aliphatic carbocycles. The summed E-state index contributed by atoms with van der Waals surface area (Å²) in [6.07, 6.45) is 3.94. The molecule has 0 atom stereocenters. The molecule has 0 aliphatic rings. The molecule has 1 N–H and O–H groups in total. The predicted octanol–water partition coefficient (Wildman–Crippen LogP) is 0.979. The number of rotatable bonds is 8. The van der Waals surface area contributed by atoms with Gasteiger partial charge >= 0.3 is 0 Å². The zero-order valence-corrected chi connectivity index (χ0v) is 9.70. The molecule has 86 valence electrons. The molecule has 0 saturated carbocycles. The largest absolute Gasteiger partial charge is 0.380 e. The van der Waals surface area contributed by atoms with Crippen molar-refractivity contribution in [3.05, 3.63) is 18.0 Å². The summed E-state index contributed by atoms with van der Waals surface area (Å²) in [7, 11) is 1.97. The van der Waals surface area contributed by atoms with Gasteiger partial charge in [0.2, 0.25) is 0 Å². The van der Waals surface area contributed by atoms with Crippen LogP contribution in [0.2, 0.25) is 0 Å². The van der Waals surface area contributed by atoms with Crippen molar-refractivity contribution in [1.29, 1.82) is 0 Å². The fourth-order valence-corrected chi connectivity index (χ4v) is 1.38. The van der Waals surface area contributed by atoms with Gasteiger partial charge in [-0.3, -0.25) is 4.68 Å². The predicted molar refractivity (Wildman–Crippen MR) is 60.9 cm³/mol. The normalized spacial score (nSPS) is 10.8. The van der Waals surface area contributed by atoms with Crippen molar-refractivity contribution in [2.75, 3.05) is 26.3 Å². The van der Waals surface area contributed by atoms with Crippen LogP contribution in [-0.2, 0) is 18.2 Å². The Labute approximate surface area is 91.6 Å². The Kier molecular flexibility index (Phi) is 6.04. The van der Waals surface area contributed by atoms with Gasteiger partial charge in [-0.25, -0.2) is 0 Å². The van der Waals surface area contributed by atoms with Crippen LogP contribution in [0.4, 0.5) is 0 Å². The smallest absolute Gasteiger partial charge is 0.0590 e. The van der Waals surface area contributed by atoms with Crippen molar-refractivity contribution >= 4 is 0 Å². The maximum Gasteiger partial charge on any atom is 0.0590 e. The van der Waals surface area contributed by atoms with Crippen LogP contribution < -0.4 is 5.32 Å². The molecule has 0 amide bonds. The van der Waals surface area contributed by atoms with E-state index in [-0.39, 0.29) is 0 Å². The van der Waals surface area contributed by atoms with Crippen LogP contribution in [0.1, 0.15) is 19.0 Å². The summed E-state index contributed by atoms with van der Waals surface area (Å²) in [6, 6.07) is 2.05.